The van der Waals surface area contributed by atoms with Crippen molar-refractivity contribution >= 4 is 5.91 Å². The highest BCUT2D eigenvalue weighted by Gasteiger charge is 2.30. The first-order valence-electron chi connectivity index (χ1n) is 7.73. The van der Waals surface area contributed by atoms with Gasteiger partial charge < -0.3 is 5.32 Å². The lowest BCUT2D eigenvalue weighted by Crippen LogP contribution is -2.39. The fourth-order valence-electron chi connectivity index (χ4n) is 3.47. The van der Waals surface area contributed by atoms with Crippen molar-refractivity contribution < 1.29 is 4.79 Å². The van der Waals surface area contributed by atoms with Crippen LogP contribution in [0.3, 0.4) is 0 Å². The van der Waals surface area contributed by atoms with E-state index in [2.05, 4.69) is 15.2 Å². The minimum atomic E-state index is 0.122. The van der Waals surface area contributed by atoms with Crippen LogP contribution in [0.5, 0.6) is 0 Å². The molecule has 1 saturated carbocycles. The van der Waals surface area contributed by atoms with Crippen LogP contribution in [0, 0.1) is 0 Å². The van der Waals surface area contributed by atoms with Gasteiger partial charge in [0.05, 0.1) is 6.42 Å². The molecule has 1 aromatic rings. The van der Waals surface area contributed by atoms with Gasteiger partial charge in [0.1, 0.15) is 0 Å². The highest BCUT2D eigenvalue weighted by molar-refractivity contribution is 5.78. The molecule has 20 heavy (non-hydrogen) atoms. The van der Waals surface area contributed by atoms with Crippen LogP contribution < -0.4 is 5.32 Å². The van der Waals surface area contributed by atoms with Gasteiger partial charge in [-0.25, -0.2) is 0 Å². The standard InChI is InChI=1S/C16H23N3O/c20-16(10-13-4-3-8-17-11-13)18-14-7-9-19(12-14)15-5-1-2-6-15/h3-4,8,11,14-15H,1-2,5-7,9-10,12H2,(H,18,20). The zero-order chi connectivity index (χ0) is 13.8. The third-order valence-corrected chi connectivity index (χ3v) is 4.51. The van der Waals surface area contributed by atoms with E-state index in [1.165, 1.54) is 25.7 Å². The highest BCUT2D eigenvalue weighted by Crippen LogP contribution is 2.26. The van der Waals surface area contributed by atoms with Gasteiger partial charge in [-0.05, 0) is 30.9 Å². The Morgan fingerprint density at radius 3 is 2.95 bits per heavy atom. The van der Waals surface area contributed by atoms with Crippen LogP contribution in [0.25, 0.3) is 0 Å². The maximum atomic E-state index is 12.0. The fourth-order valence-corrected chi connectivity index (χ4v) is 3.47. The lowest BCUT2D eigenvalue weighted by molar-refractivity contribution is -0.121. The van der Waals surface area contributed by atoms with Crippen molar-refractivity contribution in [2.75, 3.05) is 13.1 Å². The number of amides is 1. The number of rotatable bonds is 4. The second-order valence-electron chi connectivity index (χ2n) is 6.02. The lowest BCUT2D eigenvalue weighted by Gasteiger charge is -2.23. The van der Waals surface area contributed by atoms with Crippen LogP contribution in [0.2, 0.25) is 0 Å². The molecule has 108 valence electrons. The summed E-state index contributed by atoms with van der Waals surface area (Å²) < 4.78 is 0. The maximum absolute atomic E-state index is 12.0. The zero-order valence-electron chi connectivity index (χ0n) is 11.9. The van der Waals surface area contributed by atoms with Gasteiger partial charge >= 0.3 is 0 Å². The highest BCUT2D eigenvalue weighted by atomic mass is 16.1. The summed E-state index contributed by atoms with van der Waals surface area (Å²) in [6.45, 7) is 2.17. The van der Waals surface area contributed by atoms with Gasteiger partial charge in [-0.3, -0.25) is 14.7 Å². The second kappa shape index (κ2) is 6.35. The van der Waals surface area contributed by atoms with E-state index in [1.807, 2.05) is 12.1 Å². The largest absolute Gasteiger partial charge is 0.352 e. The van der Waals surface area contributed by atoms with E-state index in [0.29, 0.717) is 12.5 Å². The molecule has 1 unspecified atom stereocenters. The molecular weight excluding hydrogens is 250 g/mol. The molecule has 0 bridgehead atoms. The molecule has 3 rings (SSSR count). The van der Waals surface area contributed by atoms with Gasteiger partial charge in [-0.2, -0.15) is 0 Å². The molecule has 1 aliphatic carbocycles. The molecule has 1 N–H and O–H groups in total. The Morgan fingerprint density at radius 1 is 1.35 bits per heavy atom. The van der Waals surface area contributed by atoms with E-state index in [-0.39, 0.29) is 5.91 Å². The number of likely N-dealkylation sites (tertiary alicyclic amines) is 1. The summed E-state index contributed by atoms with van der Waals surface area (Å²) in [7, 11) is 0. The Labute approximate surface area is 120 Å². The van der Waals surface area contributed by atoms with Crippen molar-refractivity contribution in [2.45, 2.75) is 50.6 Å². The molecule has 1 aliphatic heterocycles. The summed E-state index contributed by atoms with van der Waals surface area (Å²) in [5.74, 6) is 0.122. The Balaban J connectivity index is 1.45. The molecule has 4 heteroatoms. The summed E-state index contributed by atoms with van der Waals surface area (Å²) in [5.41, 5.74) is 0.982. The number of aromatic nitrogens is 1. The second-order valence-corrected chi connectivity index (χ2v) is 6.02. The third kappa shape index (κ3) is 3.37. The van der Waals surface area contributed by atoms with E-state index < -0.39 is 0 Å². The van der Waals surface area contributed by atoms with Crippen LogP contribution in [-0.4, -0.2) is 41.0 Å². The van der Waals surface area contributed by atoms with Gasteiger partial charge in [0, 0.05) is 37.6 Å². The number of carbonyl (C=O) groups excluding carboxylic acids is 1. The van der Waals surface area contributed by atoms with Crippen LogP contribution >= 0.6 is 0 Å². The Bertz CT molecular complexity index is 442. The van der Waals surface area contributed by atoms with Crippen LogP contribution in [0.4, 0.5) is 0 Å². The average Bonchev–Trinajstić information content (AvgIpc) is 3.10. The Hall–Kier alpha value is -1.42. The van der Waals surface area contributed by atoms with Crippen molar-refractivity contribution in [3.05, 3.63) is 30.1 Å². The molecule has 1 atom stereocenters. The SMILES string of the molecule is O=C(Cc1cccnc1)NC1CCN(C2CCCC2)C1. The van der Waals surface area contributed by atoms with Gasteiger partial charge in [-0.15, -0.1) is 0 Å². The molecule has 1 aromatic heterocycles. The van der Waals surface area contributed by atoms with Crippen molar-refractivity contribution in [1.82, 2.24) is 15.2 Å². The summed E-state index contributed by atoms with van der Waals surface area (Å²) >= 11 is 0. The number of carbonyl (C=O) groups is 1. The molecule has 0 radical (unpaired) electrons. The molecule has 0 aromatic carbocycles. The van der Waals surface area contributed by atoms with Crippen LogP contribution in [0.15, 0.2) is 24.5 Å². The molecule has 2 fully saturated rings. The van der Waals surface area contributed by atoms with Gasteiger partial charge in [0.25, 0.3) is 0 Å². The first-order chi connectivity index (χ1) is 9.81. The van der Waals surface area contributed by atoms with Crippen molar-refractivity contribution in [1.29, 1.82) is 0 Å². The van der Waals surface area contributed by atoms with E-state index in [4.69, 9.17) is 0 Å². The predicted molar refractivity (Wildman–Crippen MR) is 78.3 cm³/mol. The number of hydrogen-bond acceptors (Lipinski definition) is 3. The van der Waals surface area contributed by atoms with E-state index in [1.54, 1.807) is 12.4 Å². The minimum Gasteiger partial charge on any atom is -0.352 e. The van der Waals surface area contributed by atoms with Crippen molar-refractivity contribution in [2.24, 2.45) is 0 Å². The lowest BCUT2D eigenvalue weighted by atomic mass is 10.2. The summed E-state index contributed by atoms with van der Waals surface area (Å²) in [4.78, 5) is 18.7. The average molecular weight is 273 g/mol. The van der Waals surface area contributed by atoms with Gasteiger partial charge in [0.2, 0.25) is 5.91 Å². The first kappa shape index (κ1) is 13.6. The summed E-state index contributed by atoms with van der Waals surface area (Å²) in [6.07, 6.45) is 10.5. The minimum absolute atomic E-state index is 0.122. The molecular formula is C16H23N3O. The Kier molecular flexibility index (Phi) is 4.31. The van der Waals surface area contributed by atoms with Crippen molar-refractivity contribution in [3.63, 3.8) is 0 Å². The number of nitrogens with zero attached hydrogens (tertiary/aromatic N) is 2. The topological polar surface area (TPSA) is 45.2 Å². The number of pyridine rings is 1. The number of nitrogens with one attached hydrogen (secondary N) is 1. The third-order valence-electron chi connectivity index (χ3n) is 4.51. The molecule has 4 nitrogen and oxygen atoms in total. The molecule has 0 spiro atoms. The molecule has 2 aliphatic rings. The quantitative estimate of drug-likeness (QED) is 0.909. The van der Waals surface area contributed by atoms with Crippen LogP contribution in [-0.2, 0) is 11.2 Å². The van der Waals surface area contributed by atoms with E-state index in [9.17, 15) is 4.79 Å². The smallest absolute Gasteiger partial charge is 0.224 e. The molecule has 2 heterocycles. The molecule has 1 amide bonds. The number of hydrogen-bond donors (Lipinski definition) is 1. The van der Waals surface area contributed by atoms with E-state index >= 15 is 0 Å². The van der Waals surface area contributed by atoms with Crippen molar-refractivity contribution in [3.8, 4) is 0 Å². The summed E-state index contributed by atoms with van der Waals surface area (Å²) in [6, 6.07) is 4.93. The van der Waals surface area contributed by atoms with E-state index in [0.717, 1.165) is 31.1 Å². The zero-order valence-corrected chi connectivity index (χ0v) is 11.9. The maximum Gasteiger partial charge on any atom is 0.224 e. The monoisotopic (exact) mass is 273 g/mol. The Morgan fingerprint density at radius 2 is 2.20 bits per heavy atom. The summed E-state index contributed by atoms with van der Waals surface area (Å²) in [5, 5.41) is 3.17. The normalized spacial score (nSPS) is 24.1. The first-order valence-corrected chi connectivity index (χ1v) is 7.73. The van der Waals surface area contributed by atoms with Gasteiger partial charge in [-0.1, -0.05) is 18.9 Å². The van der Waals surface area contributed by atoms with Crippen LogP contribution in [0.1, 0.15) is 37.7 Å². The molecule has 1 saturated heterocycles. The predicted octanol–water partition coefficient (Wildman–Crippen LogP) is 1.76. The van der Waals surface area contributed by atoms with Gasteiger partial charge in [0.15, 0.2) is 0 Å². The fraction of sp³-hybridized carbons (Fsp3) is 0.625.